The van der Waals surface area contributed by atoms with E-state index in [4.69, 9.17) is 10.5 Å². The van der Waals surface area contributed by atoms with Crippen LogP contribution in [0.5, 0.6) is 5.75 Å². The minimum absolute atomic E-state index is 0.0747. The molecule has 96 valence electrons. The first-order chi connectivity index (χ1) is 7.78. The molecule has 0 amide bonds. The van der Waals surface area contributed by atoms with E-state index in [1.165, 1.54) is 0 Å². The summed E-state index contributed by atoms with van der Waals surface area (Å²) < 4.78 is 5.68. The van der Waals surface area contributed by atoms with Crippen molar-refractivity contribution >= 4 is 0 Å². The fourth-order valence-corrected chi connectivity index (χ4v) is 1.87. The van der Waals surface area contributed by atoms with Gasteiger partial charge in [-0.15, -0.1) is 0 Å². The molecule has 2 heteroatoms. The third-order valence-electron chi connectivity index (χ3n) is 2.49. The zero-order valence-corrected chi connectivity index (χ0v) is 11.7. The molecule has 0 bridgehead atoms. The van der Waals surface area contributed by atoms with Gasteiger partial charge in [0.05, 0.1) is 6.10 Å². The normalized spacial score (nSPS) is 13.8. The standard InChI is InChI=1S/C15H25NO/c1-11(2)17-13-8-6-7-12(9-13)14(16)10-15(3,4)5/h6-9,11,14H,10,16H2,1-5H3. The van der Waals surface area contributed by atoms with Gasteiger partial charge in [-0.1, -0.05) is 32.9 Å². The minimum atomic E-state index is 0.0747. The summed E-state index contributed by atoms with van der Waals surface area (Å²) in [5.74, 6) is 0.904. The topological polar surface area (TPSA) is 35.2 Å². The van der Waals surface area contributed by atoms with Crippen LogP contribution in [-0.2, 0) is 0 Å². The summed E-state index contributed by atoms with van der Waals surface area (Å²) in [6.07, 6.45) is 1.17. The molecule has 2 nitrogen and oxygen atoms in total. The summed E-state index contributed by atoms with van der Waals surface area (Å²) in [7, 11) is 0. The highest BCUT2D eigenvalue weighted by molar-refractivity contribution is 5.30. The maximum Gasteiger partial charge on any atom is 0.120 e. The molecule has 0 aromatic heterocycles. The van der Waals surface area contributed by atoms with Gasteiger partial charge in [0.15, 0.2) is 0 Å². The lowest BCUT2D eigenvalue weighted by atomic mass is 9.86. The van der Waals surface area contributed by atoms with E-state index in [1.807, 2.05) is 26.0 Å². The van der Waals surface area contributed by atoms with E-state index < -0.39 is 0 Å². The van der Waals surface area contributed by atoms with Gasteiger partial charge >= 0.3 is 0 Å². The third kappa shape index (κ3) is 5.22. The summed E-state index contributed by atoms with van der Waals surface area (Å²) in [5.41, 5.74) is 7.62. The highest BCUT2D eigenvalue weighted by Gasteiger charge is 2.17. The highest BCUT2D eigenvalue weighted by Crippen LogP contribution is 2.29. The van der Waals surface area contributed by atoms with Crippen molar-refractivity contribution in [3.63, 3.8) is 0 Å². The number of ether oxygens (including phenoxy) is 1. The Morgan fingerprint density at radius 2 is 1.88 bits per heavy atom. The van der Waals surface area contributed by atoms with Crippen LogP contribution < -0.4 is 10.5 Å². The zero-order chi connectivity index (χ0) is 13.1. The second-order valence-electron chi connectivity index (χ2n) is 6.11. The molecule has 0 aliphatic rings. The number of nitrogens with two attached hydrogens (primary N) is 1. The Morgan fingerprint density at radius 3 is 2.41 bits per heavy atom. The lowest BCUT2D eigenvalue weighted by molar-refractivity contribution is 0.242. The largest absolute Gasteiger partial charge is 0.491 e. The summed E-state index contributed by atoms with van der Waals surface area (Å²) in [4.78, 5) is 0. The predicted molar refractivity (Wildman–Crippen MR) is 73.2 cm³/mol. The molecule has 1 aromatic carbocycles. The van der Waals surface area contributed by atoms with E-state index in [9.17, 15) is 0 Å². The van der Waals surface area contributed by atoms with Gasteiger partial charge in [-0.05, 0) is 43.4 Å². The van der Waals surface area contributed by atoms with Crippen molar-refractivity contribution in [1.82, 2.24) is 0 Å². The second-order valence-corrected chi connectivity index (χ2v) is 6.11. The SMILES string of the molecule is CC(C)Oc1cccc(C(N)CC(C)(C)C)c1. The van der Waals surface area contributed by atoms with Gasteiger partial charge < -0.3 is 10.5 Å². The maximum absolute atomic E-state index is 6.23. The molecule has 1 rings (SSSR count). The molecule has 17 heavy (non-hydrogen) atoms. The van der Waals surface area contributed by atoms with Gasteiger partial charge in [-0.25, -0.2) is 0 Å². The Bertz CT molecular complexity index is 352. The predicted octanol–water partition coefficient (Wildman–Crippen LogP) is 3.91. The van der Waals surface area contributed by atoms with Gasteiger partial charge in [0, 0.05) is 6.04 Å². The van der Waals surface area contributed by atoms with Crippen LogP contribution in [0, 0.1) is 5.41 Å². The van der Waals surface area contributed by atoms with Crippen molar-refractivity contribution in [1.29, 1.82) is 0 Å². The minimum Gasteiger partial charge on any atom is -0.491 e. The van der Waals surface area contributed by atoms with Gasteiger partial charge in [0.25, 0.3) is 0 Å². The molecule has 0 saturated heterocycles. The lowest BCUT2D eigenvalue weighted by Crippen LogP contribution is -2.18. The monoisotopic (exact) mass is 235 g/mol. The van der Waals surface area contributed by atoms with Crippen molar-refractivity contribution in [2.45, 2.75) is 53.2 Å². The van der Waals surface area contributed by atoms with Crippen LogP contribution in [0.4, 0.5) is 0 Å². The number of hydrogen-bond donors (Lipinski definition) is 1. The van der Waals surface area contributed by atoms with Crippen molar-refractivity contribution in [2.24, 2.45) is 11.1 Å². The van der Waals surface area contributed by atoms with Crippen LogP contribution in [0.25, 0.3) is 0 Å². The van der Waals surface area contributed by atoms with E-state index >= 15 is 0 Å². The number of rotatable bonds is 4. The summed E-state index contributed by atoms with van der Waals surface area (Å²) >= 11 is 0. The maximum atomic E-state index is 6.23. The van der Waals surface area contributed by atoms with Crippen LogP contribution in [-0.4, -0.2) is 6.10 Å². The van der Waals surface area contributed by atoms with Crippen molar-refractivity contribution in [3.05, 3.63) is 29.8 Å². The average molecular weight is 235 g/mol. The summed E-state index contributed by atoms with van der Waals surface area (Å²) in [6.45, 7) is 10.7. The summed E-state index contributed by atoms with van der Waals surface area (Å²) in [5, 5.41) is 0. The zero-order valence-electron chi connectivity index (χ0n) is 11.7. The lowest BCUT2D eigenvalue weighted by Gasteiger charge is -2.23. The molecule has 0 aliphatic carbocycles. The molecule has 0 fully saturated rings. The van der Waals surface area contributed by atoms with E-state index in [0.29, 0.717) is 0 Å². The van der Waals surface area contributed by atoms with E-state index in [2.05, 4.69) is 32.9 Å². The van der Waals surface area contributed by atoms with Gasteiger partial charge in [0.1, 0.15) is 5.75 Å². The average Bonchev–Trinajstić information content (AvgIpc) is 2.14. The van der Waals surface area contributed by atoms with Gasteiger partial charge in [-0.2, -0.15) is 0 Å². The third-order valence-corrected chi connectivity index (χ3v) is 2.49. The molecule has 1 unspecified atom stereocenters. The first-order valence-electron chi connectivity index (χ1n) is 6.30. The Balaban J connectivity index is 2.77. The Morgan fingerprint density at radius 1 is 1.24 bits per heavy atom. The molecular weight excluding hydrogens is 210 g/mol. The molecule has 0 aliphatic heterocycles. The summed E-state index contributed by atoms with van der Waals surface area (Å²) in [6, 6.07) is 8.19. The Kier molecular flexibility index (Phi) is 4.58. The quantitative estimate of drug-likeness (QED) is 0.858. The number of hydrogen-bond acceptors (Lipinski definition) is 2. The van der Waals surface area contributed by atoms with Crippen molar-refractivity contribution in [3.8, 4) is 5.75 Å². The van der Waals surface area contributed by atoms with E-state index in [1.54, 1.807) is 0 Å². The second kappa shape index (κ2) is 5.54. The number of benzene rings is 1. The molecule has 0 saturated carbocycles. The smallest absolute Gasteiger partial charge is 0.120 e. The molecule has 2 N–H and O–H groups in total. The first kappa shape index (κ1) is 14.0. The first-order valence-corrected chi connectivity index (χ1v) is 6.30. The van der Waals surface area contributed by atoms with E-state index in [0.717, 1.165) is 17.7 Å². The molecule has 0 spiro atoms. The Labute approximate surface area is 105 Å². The fourth-order valence-electron chi connectivity index (χ4n) is 1.87. The van der Waals surface area contributed by atoms with Crippen LogP contribution >= 0.6 is 0 Å². The van der Waals surface area contributed by atoms with Gasteiger partial charge in [0.2, 0.25) is 0 Å². The van der Waals surface area contributed by atoms with Crippen LogP contribution in [0.3, 0.4) is 0 Å². The van der Waals surface area contributed by atoms with Crippen LogP contribution in [0.15, 0.2) is 24.3 Å². The molecule has 0 heterocycles. The van der Waals surface area contributed by atoms with Crippen LogP contribution in [0.2, 0.25) is 0 Å². The van der Waals surface area contributed by atoms with Crippen molar-refractivity contribution < 1.29 is 4.74 Å². The molecule has 1 atom stereocenters. The van der Waals surface area contributed by atoms with Gasteiger partial charge in [-0.3, -0.25) is 0 Å². The highest BCUT2D eigenvalue weighted by atomic mass is 16.5. The molecule has 0 radical (unpaired) electrons. The van der Waals surface area contributed by atoms with E-state index in [-0.39, 0.29) is 17.6 Å². The Hall–Kier alpha value is -1.02. The molecular formula is C15H25NO. The molecule has 1 aromatic rings. The van der Waals surface area contributed by atoms with Crippen LogP contribution in [0.1, 0.15) is 52.6 Å². The van der Waals surface area contributed by atoms with Crippen molar-refractivity contribution in [2.75, 3.05) is 0 Å². The fraction of sp³-hybridized carbons (Fsp3) is 0.600.